The van der Waals surface area contributed by atoms with Gasteiger partial charge in [0.15, 0.2) is 0 Å². The van der Waals surface area contributed by atoms with E-state index in [1.165, 1.54) is 23.3 Å². The molecule has 1 aromatic rings. The van der Waals surface area contributed by atoms with Crippen molar-refractivity contribution < 1.29 is 9.53 Å². The van der Waals surface area contributed by atoms with Gasteiger partial charge in [0.05, 0.1) is 12.6 Å². The molecule has 4 nitrogen and oxygen atoms in total. The number of carbonyl (C=O) groups is 1. The monoisotopic (exact) mass is 292 g/mol. The summed E-state index contributed by atoms with van der Waals surface area (Å²) in [5.74, 6) is 0.857. The average molecular weight is 292 g/mol. The van der Waals surface area contributed by atoms with Gasteiger partial charge in [0.1, 0.15) is 6.10 Å². The van der Waals surface area contributed by atoms with E-state index < -0.39 is 0 Å². The maximum absolute atomic E-state index is 12.8. The van der Waals surface area contributed by atoms with Crippen LogP contribution in [0.25, 0.3) is 0 Å². The van der Waals surface area contributed by atoms with Crippen molar-refractivity contribution >= 4 is 17.2 Å². The summed E-state index contributed by atoms with van der Waals surface area (Å²) in [6.45, 7) is 3.00. The Morgan fingerprint density at radius 3 is 3.10 bits per heavy atom. The number of carbonyl (C=O) groups excluding carboxylic acids is 1. The smallest absolute Gasteiger partial charge is 0.253 e. The Hall–Kier alpha value is -0.910. The van der Waals surface area contributed by atoms with Gasteiger partial charge in [-0.1, -0.05) is 0 Å². The molecule has 1 saturated heterocycles. The molecule has 3 aliphatic rings. The van der Waals surface area contributed by atoms with E-state index in [9.17, 15) is 4.79 Å². The molecule has 4 rings (SSSR count). The summed E-state index contributed by atoms with van der Waals surface area (Å²) < 4.78 is 5.66. The van der Waals surface area contributed by atoms with Crippen LogP contribution in [0.1, 0.15) is 29.3 Å². The van der Waals surface area contributed by atoms with Gasteiger partial charge < -0.3 is 15.0 Å². The molecule has 0 spiro atoms. The zero-order valence-electron chi connectivity index (χ0n) is 11.5. The van der Waals surface area contributed by atoms with Crippen LogP contribution in [0.5, 0.6) is 0 Å². The first kappa shape index (κ1) is 12.8. The lowest BCUT2D eigenvalue weighted by Gasteiger charge is -2.39. The Labute approximate surface area is 123 Å². The largest absolute Gasteiger partial charge is 0.366 e. The molecule has 0 radical (unpaired) electrons. The summed E-state index contributed by atoms with van der Waals surface area (Å²) in [4.78, 5) is 16.4. The normalized spacial score (nSPS) is 30.1. The van der Waals surface area contributed by atoms with Crippen LogP contribution in [0.2, 0.25) is 0 Å². The van der Waals surface area contributed by atoms with Gasteiger partial charge in [-0.3, -0.25) is 4.79 Å². The molecule has 5 heteroatoms. The number of nitrogens with one attached hydrogen (secondary N) is 1. The summed E-state index contributed by atoms with van der Waals surface area (Å²) in [6, 6.07) is 2.53. The van der Waals surface area contributed by atoms with Crippen LogP contribution >= 0.6 is 11.3 Å². The van der Waals surface area contributed by atoms with Crippen molar-refractivity contribution in [3.8, 4) is 0 Å². The molecule has 2 atom stereocenters. The van der Waals surface area contributed by atoms with E-state index in [0.29, 0.717) is 25.1 Å². The standard InChI is InChI=1S/C15H20N2O2S/c18-15(12-9-16-5-7-19-12)17-6-3-13-11(4-8-20-13)14(17)10-1-2-10/h4,8,10,12,14,16H,1-3,5-7,9H2. The van der Waals surface area contributed by atoms with Crippen LogP contribution in [-0.2, 0) is 16.0 Å². The first-order chi connectivity index (χ1) is 9.84. The maximum atomic E-state index is 12.8. The number of amides is 1. The summed E-state index contributed by atoms with van der Waals surface area (Å²) in [7, 11) is 0. The van der Waals surface area contributed by atoms with Crippen molar-refractivity contribution in [2.45, 2.75) is 31.4 Å². The van der Waals surface area contributed by atoms with Crippen LogP contribution in [0.3, 0.4) is 0 Å². The molecule has 1 N–H and O–H groups in total. The van der Waals surface area contributed by atoms with Crippen molar-refractivity contribution in [1.29, 1.82) is 0 Å². The number of thiophene rings is 1. The van der Waals surface area contributed by atoms with E-state index in [-0.39, 0.29) is 12.0 Å². The molecule has 3 heterocycles. The topological polar surface area (TPSA) is 41.6 Å². The lowest BCUT2D eigenvalue weighted by molar-refractivity contribution is -0.148. The van der Waals surface area contributed by atoms with Crippen molar-refractivity contribution in [3.05, 3.63) is 21.9 Å². The maximum Gasteiger partial charge on any atom is 0.253 e. The molecular formula is C15H20N2O2S. The summed E-state index contributed by atoms with van der Waals surface area (Å²) >= 11 is 1.84. The first-order valence-electron chi connectivity index (χ1n) is 7.53. The Kier molecular flexibility index (Phi) is 3.28. The van der Waals surface area contributed by atoms with Gasteiger partial charge in [-0.05, 0) is 42.2 Å². The van der Waals surface area contributed by atoms with Gasteiger partial charge in [-0.25, -0.2) is 0 Å². The number of nitrogens with zero attached hydrogens (tertiary/aromatic N) is 1. The van der Waals surface area contributed by atoms with Gasteiger partial charge in [-0.15, -0.1) is 11.3 Å². The van der Waals surface area contributed by atoms with Gasteiger partial charge in [-0.2, -0.15) is 0 Å². The Balaban J connectivity index is 1.59. The van der Waals surface area contributed by atoms with E-state index in [1.54, 1.807) is 0 Å². The van der Waals surface area contributed by atoms with E-state index in [2.05, 4.69) is 21.7 Å². The van der Waals surface area contributed by atoms with Crippen LogP contribution in [0.15, 0.2) is 11.4 Å². The van der Waals surface area contributed by atoms with Crippen LogP contribution in [-0.4, -0.2) is 43.2 Å². The Morgan fingerprint density at radius 1 is 1.45 bits per heavy atom. The number of hydrogen-bond donors (Lipinski definition) is 1. The zero-order chi connectivity index (χ0) is 13.5. The molecule has 2 fully saturated rings. The Morgan fingerprint density at radius 2 is 2.35 bits per heavy atom. The second kappa shape index (κ2) is 5.13. The highest BCUT2D eigenvalue weighted by Crippen LogP contribution is 2.48. The van der Waals surface area contributed by atoms with E-state index in [1.807, 2.05) is 11.3 Å². The van der Waals surface area contributed by atoms with Crippen molar-refractivity contribution in [2.24, 2.45) is 5.92 Å². The highest BCUT2D eigenvalue weighted by atomic mass is 32.1. The lowest BCUT2D eigenvalue weighted by Crippen LogP contribution is -2.52. The number of rotatable bonds is 2. The third kappa shape index (κ3) is 2.18. The molecule has 0 bridgehead atoms. The van der Waals surface area contributed by atoms with Crippen molar-refractivity contribution in [3.63, 3.8) is 0 Å². The fourth-order valence-corrected chi connectivity index (χ4v) is 4.34. The minimum Gasteiger partial charge on any atom is -0.366 e. The SMILES string of the molecule is O=C(C1CNCCO1)N1CCc2sccc2C1C1CC1. The Bertz CT molecular complexity index is 506. The van der Waals surface area contributed by atoms with Crippen LogP contribution in [0, 0.1) is 5.92 Å². The van der Waals surface area contributed by atoms with E-state index in [4.69, 9.17) is 4.74 Å². The third-order valence-corrected chi connectivity index (χ3v) is 5.57. The summed E-state index contributed by atoms with van der Waals surface area (Å²) in [5, 5.41) is 5.43. The van der Waals surface area contributed by atoms with Crippen LogP contribution in [0.4, 0.5) is 0 Å². The molecule has 1 amide bonds. The fraction of sp³-hybridized carbons (Fsp3) is 0.667. The summed E-state index contributed by atoms with van der Waals surface area (Å²) in [5.41, 5.74) is 1.40. The number of hydrogen-bond acceptors (Lipinski definition) is 4. The number of morpholine rings is 1. The highest BCUT2D eigenvalue weighted by molar-refractivity contribution is 7.10. The molecule has 2 aliphatic heterocycles. The van der Waals surface area contributed by atoms with Gasteiger partial charge in [0.25, 0.3) is 5.91 Å². The molecule has 1 saturated carbocycles. The van der Waals surface area contributed by atoms with Crippen LogP contribution < -0.4 is 5.32 Å². The third-order valence-electron chi connectivity index (χ3n) is 4.57. The lowest BCUT2D eigenvalue weighted by atomic mass is 9.95. The second-order valence-corrected chi connectivity index (χ2v) is 6.93. The first-order valence-corrected chi connectivity index (χ1v) is 8.41. The quantitative estimate of drug-likeness (QED) is 0.900. The molecule has 1 aliphatic carbocycles. The molecule has 20 heavy (non-hydrogen) atoms. The van der Waals surface area contributed by atoms with Gasteiger partial charge >= 0.3 is 0 Å². The van der Waals surface area contributed by atoms with Crippen molar-refractivity contribution in [1.82, 2.24) is 10.2 Å². The fourth-order valence-electron chi connectivity index (χ4n) is 3.42. The second-order valence-electron chi connectivity index (χ2n) is 5.93. The van der Waals surface area contributed by atoms with Crippen molar-refractivity contribution in [2.75, 3.05) is 26.2 Å². The highest BCUT2D eigenvalue weighted by Gasteiger charge is 2.43. The molecule has 2 unspecified atom stereocenters. The number of ether oxygens (including phenoxy) is 1. The van der Waals surface area contributed by atoms with Gasteiger partial charge in [0.2, 0.25) is 0 Å². The molecular weight excluding hydrogens is 272 g/mol. The van der Waals surface area contributed by atoms with E-state index >= 15 is 0 Å². The predicted octanol–water partition coefficient (Wildman–Crippen LogP) is 1.57. The average Bonchev–Trinajstić information content (AvgIpc) is 3.23. The molecule has 0 aromatic carbocycles. The predicted molar refractivity (Wildman–Crippen MR) is 77.8 cm³/mol. The molecule has 108 valence electrons. The van der Waals surface area contributed by atoms with E-state index in [0.717, 1.165) is 19.5 Å². The minimum atomic E-state index is -0.287. The summed E-state index contributed by atoms with van der Waals surface area (Å²) in [6.07, 6.45) is 3.23. The van der Waals surface area contributed by atoms with Gasteiger partial charge in [0, 0.05) is 24.5 Å². The molecule has 1 aromatic heterocycles. The minimum absolute atomic E-state index is 0.186. The number of fused-ring (bicyclic) bond motifs is 1. The zero-order valence-corrected chi connectivity index (χ0v) is 12.3.